The fourth-order valence-electron chi connectivity index (χ4n) is 1.92. The minimum atomic E-state index is -4.38. The number of nitrogens with zero attached hydrogens (tertiary/aromatic N) is 1. The van der Waals surface area contributed by atoms with E-state index in [9.17, 15) is 18.0 Å². The predicted molar refractivity (Wildman–Crippen MR) is 88.6 cm³/mol. The minimum absolute atomic E-state index is 0.0424. The van der Waals surface area contributed by atoms with Crippen molar-refractivity contribution in [3.63, 3.8) is 0 Å². The van der Waals surface area contributed by atoms with Crippen LogP contribution in [0.25, 0.3) is 0 Å². The summed E-state index contributed by atoms with van der Waals surface area (Å²) in [4.78, 5) is 16.1. The Bertz CT molecular complexity index is 708. The van der Waals surface area contributed by atoms with Gasteiger partial charge in [0.15, 0.2) is 11.5 Å². The summed E-state index contributed by atoms with van der Waals surface area (Å²) in [6.07, 6.45) is -4.38. The number of halogens is 3. The second kappa shape index (κ2) is 9.39. The van der Waals surface area contributed by atoms with Crippen molar-refractivity contribution in [3.05, 3.63) is 40.3 Å². The van der Waals surface area contributed by atoms with Gasteiger partial charge in [0, 0.05) is 17.5 Å². The first-order valence-corrected chi connectivity index (χ1v) is 8.44. The van der Waals surface area contributed by atoms with Crippen LogP contribution in [0.1, 0.15) is 16.1 Å². The molecule has 0 atom stereocenters. The molecule has 0 saturated carbocycles. The summed E-state index contributed by atoms with van der Waals surface area (Å²) in [5.41, 5.74) is 2.76. The van der Waals surface area contributed by atoms with Gasteiger partial charge in [-0.1, -0.05) is 0 Å². The van der Waals surface area contributed by atoms with Crippen LogP contribution in [0.4, 0.5) is 13.2 Å². The molecule has 10 heteroatoms. The first-order valence-electron chi connectivity index (χ1n) is 7.49. The maximum Gasteiger partial charge on any atom is 0.411 e. The van der Waals surface area contributed by atoms with Crippen molar-refractivity contribution in [3.8, 4) is 11.5 Å². The van der Waals surface area contributed by atoms with Gasteiger partial charge in [0.25, 0.3) is 5.91 Å². The SMILES string of the molecule is COc1cc(C(=O)NCCOCC(F)(F)F)ccc1OCc1cscn1. The van der Waals surface area contributed by atoms with Crippen LogP contribution in [-0.2, 0) is 11.3 Å². The lowest BCUT2D eigenvalue weighted by Crippen LogP contribution is -2.28. The molecule has 0 fully saturated rings. The highest BCUT2D eigenvalue weighted by atomic mass is 32.1. The molecular formula is C16H17F3N2O4S. The lowest BCUT2D eigenvalue weighted by molar-refractivity contribution is -0.173. The Morgan fingerprint density at radius 3 is 2.77 bits per heavy atom. The van der Waals surface area contributed by atoms with Crippen LogP contribution >= 0.6 is 11.3 Å². The Hall–Kier alpha value is -2.33. The maximum atomic E-state index is 12.0. The van der Waals surface area contributed by atoms with Crippen molar-refractivity contribution < 1.29 is 32.2 Å². The summed E-state index contributed by atoms with van der Waals surface area (Å²) >= 11 is 1.46. The number of aromatic nitrogens is 1. The number of hydrogen-bond donors (Lipinski definition) is 1. The molecule has 0 unspecified atom stereocenters. The fourth-order valence-corrected chi connectivity index (χ4v) is 2.46. The highest BCUT2D eigenvalue weighted by Gasteiger charge is 2.27. The molecule has 0 aliphatic rings. The van der Waals surface area contributed by atoms with Crippen LogP contribution in [0.15, 0.2) is 29.1 Å². The Balaban J connectivity index is 1.85. The smallest absolute Gasteiger partial charge is 0.411 e. The third-order valence-electron chi connectivity index (χ3n) is 3.08. The van der Waals surface area contributed by atoms with Crippen LogP contribution in [-0.4, -0.2) is 43.9 Å². The largest absolute Gasteiger partial charge is 0.493 e. The highest BCUT2D eigenvalue weighted by Crippen LogP contribution is 2.28. The molecular weight excluding hydrogens is 373 g/mol. The molecule has 1 amide bonds. The summed E-state index contributed by atoms with van der Waals surface area (Å²) in [7, 11) is 1.44. The zero-order valence-corrected chi connectivity index (χ0v) is 14.7. The van der Waals surface area contributed by atoms with Crippen molar-refractivity contribution >= 4 is 17.2 Å². The van der Waals surface area contributed by atoms with E-state index in [-0.39, 0.29) is 19.8 Å². The first kappa shape index (κ1) is 20.0. The number of thiazole rings is 1. The molecule has 2 aromatic rings. The molecule has 142 valence electrons. The Morgan fingerprint density at radius 2 is 2.12 bits per heavy atom. The van der Waals surface area contributed by atoms with Crippen LogP contribution < -0.4 is 14.8 Å². The number of carbonyl (C=O) groups is 1. The van der Waals surface area contributed by atoms with Crippen LogP contribution in [0.3, 0.4) is 0 Å². The third kappa shape index (κ3) is 6.52. The van der Waals surface area contributed by atoms with Crippen LogP contribution in [0.5, 0.6) is 11.5 Å². The standard InChI is InChI=1S/C16H17F3N2O4S/c1-23-14-6-11(15(22)20-4-5-24-9-16(17,18)19)2-3-13(14)25-7-12-8-26-10-21-12/h2-3,6,8,10H,4-5,7,9H2,1H3,(H,20,22). The van der Waals surface area contributed by atoms with E-state index in [0.29, 0.717) is 17.1 Å². The normalized spacial score (nSPS) is 11.2. The fraction of sp³-hybridized carbons (Fsp3) is 0.375. The molecule has 0 aliphatic heterocycles. The zero-order chi connectivity index (χ0) is 19.0. The summed E-state index contributed by atoms with van der Waals surface area (Å²) < 4.78 is 51.1. The Kier molecular flexibility index (Phi) is 7.22. The monoisotopic (exact) mass is 390 g/mol. The number of ether oxygens (including phenoxy) is 3. The van der Waals surface area contributed by atoms with Gasteiger partial charge in [0.2, 0.25) is 0 Å². The van der Waals surface area contributed by atoms with Crippen molar-refractivity contribution in [1.82, 2.24) is 10.3 Å². The van der Waals surface area contributed by atoms with E-state index in [0.717, 1.165) is 5.69 Å². The number of methoxy groups -OCH3 is 1. The molecule has 1 N–H and O–H groups in total. The van der Waals surface area contributed by atoms with Gasteiger partial charge in [0.05, 0.1) is 24.9 Å². The molecule has 1 heterocycles. The van der Waals surface area contributed by atoms with E-state index in [4.69, 9.17) is 9.47 Å². The Morgan fingerprint density at radius 1 is 1.31 bits per heavy atom. The van der Waals surface area contributed by atoms with Gasteiger partial charge in [0.1, 0.15) is 13.2 Å². The van der Waals surface area contributed by atoms with Gasteiger partial charge < -0.3 is 19.5 Å². The van der Waals surface area contributed by atoms with E-state index in [1.165, 1.54) is 30.6 Å². The molecule has 0 bridgehead atoms. The van der Waals surface area contributed by atoms with Gasteiger partial charge in [-0.3, -0.25) is 4.79 Å². The first-order chi connectivity index (χ1) is 12.4. The highest BCUT2D eigenvalue weighted by molar-refractivity contribution is 7.07. The number of hydrogen-bond acceptors (Lipinski definition) is 6. The molecule has 0 spiro atoms. The average Bonchev–Trinajstić information content (AvgIpc) is 3.11. The minimum Gasteiger partial charge on any atom is -0.493 e. The van der Waals surface area contributed by atoms with Gasteiger partial charge in [-0.05, 0) is 18.2 Å². The van der Waals surface area contributed by atoms with Gasteiger partial charge in [-0.15, -0.1) is 11.3 Å². The molecule has 1 aromatic heterocycles. The lowest BCUT2D eigenvalue weighted by atomic mass is 10.2. The number of rotatable bonds is 9. The van der Waals surface area contributed by atoms with Crippen molar-refractivity contribution in [2.24, 2.45) is 0 Å². The third-order valence-corrected chi connectivity index (χ3v) is 3.72. The number of alkyl halides is 3. The topological polar surface area (TPSA) is 69.7 Å². The second-order valence-electron chi connectivity index (χ2n) is 5.06. The van der Waals surface area contributed by atoms with E-state index in [2.05, 4.69) is 15.0 Å². The summed E-state index contributed by atoms with van der Waals surface area (Å²) in [5.74, 6) is 0.358. The number of benzene rings is 1. The molecule has 2 rings (SSSR count). The molecule has 0 aliphatic carbocycles. The van der Waals surface area contributed by atoms with E-state index < -0.39 is 18.7 Å². The molecule has 0 saturated heterocycles. The van der Waals surface area contributed by atoms with Crippen molar-refractivity contribution in [2.45, 2.75) is 12.8 Å². The number of amides is 1. The van der Waals surface area contributed by atoms with Gasteiger partial charge >= 0.3 is 6.18 Å². The zero-order valence-electron chi connectivity index (χ0n) is 13.8. The van der Waals surface area contributed by atoms with Crippen LogP contribution in [0.2, 0.25) is 0 Å². The number of nitrogens with one attached hydrogen (secondary N) is 1. The maximum absolute atomic E-state index is 12.0. The van der Waals surface area contributed by atoms with Gasteiger partial charge in [-0.25, -0.2) is 4.98 Å². The molecule has 26 heavy (non-hydrogen) atoms. The van der Waals surface area contributed by atoms with E-state index in [1.54, 1.807) is 11.6 Å². The van der Waals surface area contributed by atoms with Crippen molar-refractivity contribution in [1.29, 1.82) is 0 Å². The van der Waals surface area contributed by atoms with Crippen LogP contribution in [0, 0.1) is 0 Å². The second-order valence-corrected chi connectivity index (χ2v) is 5.78. The molecule has 0 radical (unpaired) electrons. The molecule has 1 aromatic carbocycles. The predicted octanol–water partition coefficient (Wildman–Crippen LogP) is 3.04. The van der Waals surface area contributed by atoms with Crippen molar-refractivity contribution in [2.75, 3.05) is 26.9 Å². The van der Waals surface area contributed by atoms with Gasteiger partial charge in [-0.2, -0.15) is 13.2 Å². The quantitative estimate of drug-likeness (QED) is 0.667. The Labute approximate surface area is 151 Å². The summed E-state index contributed by atoms with van der Waals surface area (Å²) in [5, 5.41) is 4.33. The number of carbonyl (C=O) groups excluding carboxylic acids is 1. The lowest BCUT2D eigenvalue weighted by Gasteiger charge is -2.12. The summed E-state index contributed by atoms with van der Waals surface area (Å²) in [6, 6.07) is 4.60. The summed E-state index contributed by atoms with van der Waals surface area (Å²) in [6.45, 7) is -1.36. The van der Waals surface area contributed by atoms with E-state index >= 15 is 0 Å². The molecule has 6 nitrogen and oxygen atoms in total. The average molecular weight is 390 g/mol. The van der Waals surface area contributed by atoms with E-state index in [1.807, 2.05) is 5.38 Å².